The maximum Gasteiger partial charge on any atom is 0.360 e. The highest BCUT2D eigenvalue weighted by Gasteiger charge is 2.16. The highest BCUT2D eigenvalue weighted by atomic mass is 35.5. The van der Waals surface area contributed by atoms with Crippen LogP contribution in [-0.4, -0.2) is 29.7 Å². The Morgan fingerprint density at radius 3 is 2.78 bits per heavy atom. The minimum Gasteiger partial charge on any atom is -0.497 e. The molecule has 0 amide bonds. The number of aromatic nitrogens is 2. The number of esters is 1. The topological polar surface area (TPSA) is 61.3 Å². The van der Waals surface area contributed by atoms with Gasteiger partial charge in [0.15, 0.2) is 10.8 Å². The van der Waals surface area contributed by atoms with Gasteiger partial charge in [-0.1, -0.05) is 11.6 Å². The summed E-state index contributed by atoms with van der Waals surface area (Å²) in [5.74, 6) is 0.0497. The van der Waals surface area contributed by atoms with E-state index in [1.54, 1.807) is 32.2 Å². The number of ether oxygens (including phenoxy) is 2. The molecule has 0 aliphatic rings. The van der Waals surface area contributed by atoms with Crippen molar-refractivity contribution in [2.75, 3.05) is 13.7 Å². The molecule has 1 aromatic heterocycles. The number of hydrogen-bond donors (Lipinski definition) is 0. The van der Waals surface area contributed by atoms with E-state index in [0.717, 1.165) is 0 Å². The smallest absolute Gasteiger partial charge is 0.360 e. The Morgan fingerprint density at radius 2 is 2.11 bits per heavy atom. The minimum atomic E-state index is -0.584. The average molecular weight is 267 g/mol. The van der Waals surface area contributed by atoms with Gasteiger partial charge in [-0.25, -0.2) is 14.8 Å². The molecule has 1 aromatic carbocycles. The van der Waals surface area contributed by atoms with Crippen LogP contribution < -0.4 is 4.74 Å². The molecule has 0 fully saturated rings. The lowest BCUT2D eigenvalue weighted by atomic mass is 10.2. The van der Waals surface area contributed by atoms with E-state index in [4.69, 9.17) is 21.1 Å². The van der Waals surface area contributed by atoms with Gasteiger partial charge in [-0.05, 0) is 19.1 Å². The Kier molecular flexibility index (Phi) is 3.62. The van der Waals surface area contributed by atoms with Gasteiger partial charge in [-0.15, -0.1) is 0 Å². The number of halogens is 1. The Labute approximate surface area is 109 Å². The number of carbonyl (C=O) groups excluding carboxylic acids is 1. The maximum absolute atomic E-state index is 11.6. The third kappa shape index (κ3) is 2.36. The molecule has 94 valence electrons. The molecule has 0 spiro atoms. The van der Waals surface area contributed by atoms with Gasteiger partial charge in [0.2, 0.25) is 0 Å². The molecule has 6 heteroatoms. The van der Waals surface area contributed by atoms with Crippen LogP contribution in [0.2, 0.25) is 5.15 Å². The van der Waals surface area contributed by atoms with Crippen molar-refractivity contribution in [3.8, 4) is 5.75 Å². The molecule has 0 saturated carbocycles. The van der Waals surface area contributed by atoms with E-state index in [1.165, 1.54) is 0 Å². The second-order valence-electron chi connectivity index (χ2n) is 3.44. The van der Waals surface area contributed by atoms with Crippen LogP contribution in [0.15, 0.2) is 18.2 Å². The quantitative estimate of drug-likeness (QED) is 0.799. The van der Waals surface area contributed by atoms with Gasteiger partial charge < -0.3 is 9.47 Å². The lowest BCUT2D eigenvalue weighted by Gasteiger charge is -2.05. The first-order valence-corrected chi connectivity index (χ1v) is 5.72. The van der Waals surface area contributed by atoms with E-state index in [0.29, 0.717) is 16.8 Å². The first-order valence-electron chi connectivity index (χ1n) is 5.34. The number of nitrogens with zero attached hydrogens (tertiary/aromatic N) is 2. The number of rotatable bonds is 3. The summed E-state index contributed by atoms with van der Waals surface area (Å²) in [5.41, 5.74) is 1.13. The van der Waals surface area contributed by atoms with E-state index in [2.05, 4.69) is 9.97 Å². The van der Waals surface area contributed by atoms with Gasteiger partial charge >= 0.3 is 5.97 Å². The third-order valence-corrected chi connectivity index (χ3v) is 2.56. The van der Waals surface area contributed by atoms with Gasteiger partial charge in [0, 0.05) is 6.07 Å². The summed E-state index contributed by atoms with van der Waals surface area (Å²) < 4.78 is 9.94. The summed E-state index contributed by atoms with van der Waals surface area (Å²) in [6.07, 6.45) is 0. The molecule has 18 heavy (non-hydrogen) atoms. The van der Waals surface area contributed by atoms with Crippen LogP contribution in [-0.2, 0) is 4.74 Å². The van der Waals surface area contributed by atoms with E-state index >= 15 is 0 Å². The Hall–Kier alpha value is -1.88. The number of benzene rings is 1. The fourth-order valence-electron chi connectivity index (χ4n) is 1.47. The lowest BCUT2D eigenvalue weighted by Crippen LogP contribution is -2.09. The van der Waals surface area contributed by atoms with Crippen molar-refractivity contribution in [3.63, 3.8) is 0 Å². The second-order valence-corrected chi connectivity index (χ2v) is 3.80. The molecule has 0 unspecified atom stereocenters. The average Bonchev–Trinajstić information content (AvgIpc) is 2.37. The molecule has 0 aliphatic heterocycles. The maximum atomic E-state index is 11.6. The number of methoxy groups -OCH3 is 1. The molecular weight excluding hydrogens is 256 g/mol. The molecule has 0 atom stereocenters. The van der Waals surface area contributed by atoms with Gasteiger partial charge in [0.25, 0.3) is 0 Å². The molecule has 0 aliphatic carbocycles. The number of carbonyl (C=O) groups is 1. The summed E-state index contributed by atoms with van der Waals surface area (Å²) >= 11 is 5.90. The van der Waals surface area contributed by atoms with Crippen molar-refractivity contribution in [3.05, 3.63) is 29.0 Å². The van der Waals surface area contributed by atoms with Crippen molar-refractivity contribution < 1.29 is 14.3 Å². The minimum absolute atomic E-state index is 0.0132. The van der Waals surface area contributed by atoms with Crippen molar-refractivity contribution in [1.82, 2.24) is 9.97 Å². The van der Waals surface area contributed by atoms with Crippen molar-refractivity contribution >= 4 is 28.6 Å². The van der Waals surface area contributed by atoms with Gasteiger partial charge in [0.05, 0.1) is 24.8 Å². The molecule has 5 nitrogen and oxygen atoms in total. The fourth-order valence-corrected chi connectivity index (χ4v) is 1.68. The Morgan fingerprint density at radius 1 is 1.33 bits per heavy atom. The molecule has 0 bridgehead atoms. The monoisotopic (exact) mass is 266 g/mol. The summed E-state index contributed by atoms with van der Waals surface area (Å²) in [7, 11) is 1.55. The first kappa shape index (κ1) is 12.6. The summed E-state index contributed by atoms with van der Waals surface area (Å²) in [6.45, 7) is 1.97. The predicted molar refractivity (Wildman–Crippen MR) is 67.1 cm³/mol. The van der Waals surface area contributed by atoms with Crippen molar-refractivity contribution in [2.45, 2.75) is 6.92 Å². The summed E-state index contributed by atoms with van der Waals surface area (Å²) in [6, 6.07) is 5.15. The van der Waals surface area contributed by atoms with Crippen LogP contribution in [0.25, 0.3) is 11.0 Å². The zero-order chi connectivity index (χ0) is 13.1. The van der Waals surface area contributed by atoms with Crippen LogP contribution in [0, 0.1) is 0 Å². The SMILES string of the molecule is CCOC(=O)c1nc2cc(OC)ccc2nc1Cl. The highest BCUT2D eigenvalue weighted by Crippen LogP contribution is 2.21. The molecule has 0 saturated heterocycles. The second kappa shape index (κ2) is 5.18. The first-order chi connectivity index (χ1) is 8.65. The van der Waals surface area contributed by atoms with Gasteiger partial charge in [0.1, 0.15) is 5.75 Å². The van der Waals surface area contributed by atoms with Gasteiger partial charge in [-0.2, -0.15) is 0 Å². The fraction of sp³-hybridized carbons (Fsp3) is 0.250. The molecule has 0 radical (unpaired) electrons. The Bertz CT molecular complexity index is 601. The van der Waals surface area contributed by atoms with Crippen molar-refractivity contribution in [2.24, 2.45) is 0 Å². The molecule has 2 aromatic rings. The molecular formula is C12H11ClN2O3. The van der Waals surface area contributed by atoms with Crippen LogP contribution in [0.1, 0.15) is 17.4 Å². The van der Waals surface area contributed by atoms with Gasteiger partial charge in [-0.3, -0.25) is 0 Å². The third-order valence-electron chi connectivity index (χ3n) is 2.30. The summed E-state index contributed by atoms with van der Waals surface area (Å²) in [5, 5.41) is 0.0334. The van der Waals surface area contributed by atoms with Crippen molar-refractivity contribution in [1.29, 1.82) is 0 Å². The molecule has 2 rings (SSSR count). The van der Waals surface area contributed by atoms with Crippen LogP contribution in [0.3, 0.4) is 0 Å². The standard InChI is InChI=1S/C12H11ClN2O3/c1-3-18-12(16)10-11(13)15-8-5-4-7(17-2)6-9(8)14-10/h4-6H,3H2,1-2H3. The normalized spacial score (nSPS) is 10.4. The number of fused-ring (bicyclic) bond motifs is 1. The van der Waals surface area contributed by atoms with E-state index in [1.807, 2.05) is 0 Å². The van der Waals surface area contributed by atoms with Crippen LogP contribution in [0.4, 0.5) is 0 Å². The van der Waals surface area contributed by atoms with E-state index < -0.39 is 5.97 Å². The largest absolute Gasteiger partial charge is 0.497 e. The van der Waals surface area contributed by atoms with Crippen LogP contribution >= 0.6 is 11.6 Å². The number of hydrogen-bond acceptors (Lipinski definition) is 5. The zero-order valence-electron chi connectivity index (χ0n) is 9.94. The zero-order valence-corrected chi connectivity index (χ0v) is 10.7. The predicted octanol–water partition coefficient (Wildman–Crippen LogP) is 2.47. The van der Waals surface area contributed by atoms with E-state index in [9.17, 15) is 4.79 Å². The molecule has 0 N–H and O–H groups in total. The lowest BCUT2D eigenvalue weighted by molar-refractivity contribution is 0.0519. The molecule has 1 heterocycles. The van der Waals surface area contributed by atoms with E-state index in [-0.39, 0.29) is 17.5 Å². The highest BCUT2D eigenvalue weighted by molar-refractivity contribution is 6.32. The van der Waals surface area contributed by atoms with Crippen LogP contribution in [0.5, 0.6) is 5.75 Å². The Balaban J connectivity index is 2.54. The summed E-state index contributed by atoms with van der Waals surface area (Å²) in [4.78, 5) is 19.9.